The number of nitrogens with one attached hydrogen (secondary N) is 1. The minimum atomic E-state index is -0.516. The Morgan fingerprint density at radius 2 is 2.04 bits per heavy atom. The second-order valence-corrected chi connectivity index (χ2v) is 8.44. The van der Waals surface area contributed by atoms with Crippen LogP contribution in [0.15, 0.2) is 16.5 Å². The van der Waals surface area contributed by atoms with Gasteiger partial charge in [0.1, 0.15) is 11.5 Å². The van der Waals surface area contributed by atoms with E-state index < -0.39 is 5.91 Å². The number of thiophene rings is 1. The molecule has 0 fully saturated rings. The predicted octanol–water partition coefficient (Wildman–Crippen LogP) is 3.26. The van der Waals surface area contributed by atoms with E-state index in [1.165, 1.54) is 11.3 Å². The number of rotatable bonds is 2. The fraction of sp³-hybridized carbons (Fsp3) is 0.444. The highest BCUT2D eigenvalue weighted by Crippen LogP contribution is 2.31. The molecule has 2 N–H and O–H groups in total. The number of furan rings is 1. The smallest absolute Gasteiger partial charge is 0.284 e. The molecule has 2 amide bonds. The van der Waals surface area contributed by atoms with Gasteiger partial charge in [0.25, 0.3) is 11.8 Å². The Bertz CT molecular complexity index is 829. The van der Waals surface area contributed by atoms with Crippen molar-refractivity contribution >= 4 is 23.2 Å². The van der Waals surface area contributed by atoms with Crippen molar-refractivity contribution in [1.82, 2.24) is 10.4 Å². The van der Waals surface area contributed by atoms with E-state index in [1.54, 1.807) is 16.4 Å². The summed E-state index contributed by atoms with van der Waals surface area (Å²) >= 11 is 1.31. The molecule has 0 saturated heterocycles. The minimum absolute atomic E-state index is 0.0519. The molecule has 0 unspecified atom stereocenters. The molecule has 0 spiro atoms. The van der Waals surface area contributed by atoms with Gasteiger partial charge in [-0.2, -0.15) is 0 Å². The fourth-order valence-corrected chi connectivity index (χ4v) is 4.01. The third kappa shape index (κ3) is 3.34. The maximum absolute atomic E-state index is 12.9. The molecule has 3 heterocycles. The lowest BCUT2D eigenvalue weighted by atomic mass is 9.93. The quantitative estimate of drug-likeness (QED) is 0.634. The molecule has 0 atom stereocenters. The van der Waals surface area contributed by atoms with Crippen LogP contribution in [0.2, 0.25) is 0 Å². The minimum Gasteiger partial charge on any atom is -0.465 e. The third-order valence-corrected chi connectivity index (χ3v) is 5.54. The van der Waals surface area contributed by atoms with Crippen LogP contribution in [-0.2, 0) is 18.4 Å². The van der Waals surface area contributed by atoms with Crippen LogP contribution in [0.1, 0.15) is 62.8 Å². The van der Waals surface area contributed by atoms with Crippen LogP contribution in [-0.4, -0.2) is 28.5 Å². The Labute approximate surface area is 150 Å². The lowest BCUT2D eigenvalue weighted by Gasteiger charge is -2.26. The molecule has 3 rings (SSSR count). The van der Waals surface area contributed by atoms with Gasteiger partial charge in [-0.3, -0.25) is 14.8 Å². The summed E-state index contributed by atoms with van der Waals surface area (Å²) in [6.45, 7) is 9.02. The van der Waals surface area contributed by atoms with Gasteiger partial charge in [0.05, 0.1) is 17.0 Å². The van der Waals surface area contributed by atoms with Gasteiger partial charge in [0.2, 0.25) is 0 Å². The number of nitrogens with zero attached hydrogens (tertiary/aromatic N) is 1. The van der Waals surface area contributed by atoms with E-state index >= 15 is 0 Å². The normalized spacial score (nSPS) is 14.4. The van der Waals surface area contributed by atoms with E-state index in [1.807, 2.05) is 33.8 Å². The zero-order chi connectivity index (χ0) is 18.4. The van der Waals surface area contributed by atoms with Gasteiger partial charge < -0.3 is 9.32 Å². The fourth-order valence-electron chi connectivity index (χ4n) is 2.89. The number of carbonyl (C=O) groups is 2. The molecule has 0 radical (unpaired) electrons. The third-order valence-electron chi connectivity index (χ3n) is 4.38. The number of fused-ring (bicyclic) bond motifs is 1. The molecular formula is C18H22N2O4S. The van der Waals surface area contributed by atoms with Crippen molar-refractivity contribution < 1.29 is 19.2 Å². The van der Waals surface area contributed by atoms with E-state index in [-0.39, 0.29) is 11.3 Å². The molecule has 0 saturated carbocycles. The summed E-state index contributed by atoms with van der Waals surface area (Å²) in [6, 6.07) is 3.63. The maximum Gasteiger partial charge on any atom is 0.284 e. The summed E-state index contributed by atoms with van der Waals surface area (Å²) in [5, 5.41) is 8.77. The first-order valence-corrected chi connectivity index (χ1v) is 8.98. The first kappa shape index (κ1) is 17.7. The van der Waals surface area contributed by atoms with Crippen molar-refractivity contribution in [3.05, 3.63) is 44.5 Å². The Morgan fingerprint density at radius 1 is 1.32 bits per heavy atom. The van der Waals surface area contributed by atoms with Gasteiger partial charge in [-0.1, -0.05) is 20.8 Å². The second-order valence-electron chi connectivity index (χ2n) is 7.31. The van der Waals surface area contributed by atoms with Gasteiger partial charge in [0.15, 0.2) is 0 Å². The summed E-state index contributed by atoms with van der Waals surface area (Å²) in [5.74, 6) is 0.859. The highest BCUT2D eigenvalue weighted by molar-refractivity contribution is 7.14. The summed E-state index contributed by atoms with van der Waals surface area (Å²) in [4.78, 5) is 27.7. The largest absolute Gasteiger partial charge is 0.465 e. The molecule has 0 aromatic carbocycles. The molecule has 134 valence electrons. The lowest BCUT2D eigenvalue weighted by Crippen LogP contribution is -2.35. The topological polar surface area (TPSA) is 82.8 Å². The molecule has 2 aromatic heterocycles. The Kier molecular flexibility index (Phi) is 4.47. The zero-order valence-electron chi connectivity index (χ0n) is 14.8. The van der Waals surface area contributed by atoms with Crippen LogP contribution in [0, 0.1) is 6.92 Å². The van der Waals surface area contributed by atoms with Gasteiger partial charge in [-0.05, 0) is 31.0 Å². The zero-order valence-corrected chi connectivity index (χ0v) is 15.6. The summed E-state index contributed by atoms with van der Waals surface area (Å²) < 4.78 is 5.79. The average molecular weight is 362 g/mol. The number of amides is 2. The van der Waals surface area contributed by atoms with Crippen LogP contribution in [0.5, 0.6) is 0 Å². The van der Waals surface area contributed by atoms with E-state index in [9.17, 15) is 9.59 Å². The van der Waals surface area contributed by atoms with E-state index in [4.69, 9.17) is 9.62 Å². The van der Waals surface area contributed by atoms with Crippen LogP contribution in [0.25, 0.3) is 0 Å². The maximum atomic E-state index is 12.9. The predicted molar refractivity (Wildman–Crippen MR) is 94.2 cm³/mol. The Morgan fingerprint density at radius 3 is 2.64 bits per heavy atom. The number of hydroxylamine groups is 1. The number of hydrogen-bond donors (Lipinski definition) is 2. The van der Waals surface area contributed by atoms with E-state index in [0.29, 0.717) is 35.7 Å². The van der Waals surface area contributed by atoms with E-state index in [2.05, 4.69) is 0 Å². The Balaban J connectivity index is 1.82. The average Bonchev–Trinajstić information content (AvgIpc) is 3.15. The van der Waals surface area contributed by atoms with Crippen molar-refractivity contribution in [2.75, 3.05) is 6.54 Å². The molecular weight excluding hydrogens is 340 g/mol. The molecule has 2 aromatic rings. The summed E-state index contributed by atoms with van der Waals surface area (Å²) in [7, 11) is 0. The molecule has 7 heteroatoms. The van der Waals surface area contributed by atoms with Gasteiger partial charge >= 0.3 is 0 Å². The SMILES string of the molecule is Cc1oc(C(C)(C)C)cc1C(=O)N1CCc2cc(C(=O)NO)sc2C1. The van der Waals surface area contributed by atoms with Crippen LogP contribution in [0.4, 0.5) is 0 Å². The molecule has 25 heavy (non-hydrogen) atoms. The molecule has 0 aliphatic carbocycles. The van der Waals surface area contributed by atoms with Crippen LogP contribution < -0.4 is 5.48 Å². The molecule has 0 bridgehead atoms. The molecule has 6 nitrogen and oxygen atoms in total. The van der Waals surface area contributed by atoms with E-state index in [0.717, 1.165) is 16.2 Å². The number of aryl methyl sites for hydroxylation is 1. The highest BCUT2D eigenvalue weighted by Gasteiger charge is 2.29. The van der Waals surface area contributed by atoms with Crippen molar-refractivity contribution in [2.45, 2.75) is 46.1 Å². The summed E-state index contributed by atoms with van der Waals surface area (Å²) in [6.07, 6.45) is 0.694. The number of carbonyl (C=O) groups excluding carboxylic acids is 2. The van der Waals surface area contributed by atoms with Crippen LogP contribution in [0.3, 0.4) is 0 Å². The summed E-state index contributed by atoms with van der Waals surface area (Å²) in [5.41, 5.74) is 3.16. The van der Waals surface area contributed by atoms with Crippen molar-refractivity contribution in [3.8, 4) is 0 Å². The van der Waals surface area contributed by atoms with Crippen molar-refractivity contribution in [2.24, 2.45) is 0 Å². The first-order valence-electron chi connectivity index (χ1n) is 8.17. The monoisotopic (exact) mass is 362 g/mol. The second kappa shape index (κ2) is 6.31. The van der Waals surface area contributed by atoms with Gasteiger partial charge in [-0.25, -0.2) is 5.48 Å². The van der Waals surface area contributed by atoms with Gasteiger partial charge in [0, 0.05) is 16.8 Å². The number of hydrogen-bond acceptors (Lipinski definition) is 5. The standard InChI is InChI=1S/C18H22N2O4S/c1-10-12(8-15(24-10)18(2,3)4)17(22)20-6-5-11-7-13(16(21)19-23)25-14(11)9-20/h7-8,23H,5-6,9H2,1-4H3,(H,19,21). The highest BCUT2D eigenvalue weighted by atomic mass is 32.1. The molecule has 1 aliphatic heterocycles. The first-order chi connectivity index (χ1) is 11.7. The van der Waals surface area contributed by atoms with Crippen LogP contribution >= 0.6 is 11.3 Å². The lowest BCUT2D eigenvalue weighted by molar-refractivity contribution is 0.0709. The Hall–Kier alpha value is -2.12. The van der Waals surface area contributed by atoms with Crippen molar-refractivity contribution in [1.29, 1.82) is 0 Å². The molecule has 1 aliphatic rings. The van der Waals surface area contributed by atoms with Gasteiger partial charge in [-0.15, -0.1) is 11.3 Å². The van der Waals surface area contributed by atoms with Crippen molar-refractivity contribution in [3.63, 3.8) is 0 Å².